The molecule has 3 N–H and O–H groups in total. The van der Waals surface area contributed by atoms with Gasteiger partial charge in [-0.3, -0.25) is 0 Å². The van der Waals surface area contributed by atoms with Crippen molar-refractivity contribution in [3.05, 3.63) is 33.8 Å². The molecule has 0 unspecified atom stereocenters. The second-order valence-corrected chi connectivity index (χ2v) is 3.31. The van der Waals surface area contributed by atoms with E-state index in [-0.39, 0.29) is 16.6 Å². The number of rotatable bonds is 2. The fourth-order valence-corrected chi connectivity index (χ4v) is 1.29. The highest BCUT2D eigenvalue weighted by Gasteiger charge is 2.16. The molecule has 13 heavy (non-hydrogen) atoms. The Balaban J connectivity index is 3.18. The highest BCUT2D eigenvalue weighted by atomic mass is 79.9. The zero-order valence-electron chi connectivity index (χ0n) is 6.60. The minimum atomic E-state index is -1.10. The van der Waals surface area contributed by atoms with Crippen LogP contribution in [-0.4, -0.2) is 11.7 Å². The molecule has 1 rings (SSSR count). The van der Waals surface area contributed by atoms with Crippen LogP contribution in [-0.2, 0) is 0 Å². The van der Waals surface area contributed by atoms with Crippen LogP contribution in [0.5, 0.6) is 0 Å². The second-order valence-electron chi connectivity index (χ2n) is 2.52. The molecule has 0 saturated heterocycles. The van der Waals surface area contributed by atoms with Crippen molar-refractivity contribution in [1.29, 1.82) is 0 Å². The molecule has 0 fully saturated rings. The monoisotopic (exact) mass is 251 g/mol. The van der Waals surface area contributed by atoms with Crippen molar-refractivity contribution in [2.75, 3.05) is 6.54 Å². The van der Waals surface area contributed by atoms with E-state index in [1.165, 1.54) is 6.07 Å². The number of hydrogen-bond donors (Lipinski definition) is 2. The van der Waals surface area contributed by atoms with E-state index in [0.29, 0.717) is 0 Å². The van der Waals surface area contributed by atoms with E-state index in [9.17, 15) is 13.9 Å². The predicted molar refractivity (Wildman–Crippen MR) is 48.1 cm³/mol. The van der Waals surface area contributed by atoms with Gasteiger partial charge in [0.15, 0.2) is 0 Å². The maximum absolute atomic E-state index is 13.2. The summed E-state index contributed by atoms with van der Waals surface area (Å²) in [7, 11) is 0. The molecule has 72 valence electrons. The molecule has 0 aromatic heterocycles. The van der Waals surface area contributed by atoms with E-state index in [0.717, 1.165) is 6.07 Å². The number of nitrogens with two attached hydrogens (primary N) is 1. The van der Waals surface area contributed by atoms with E-state index >= 15 is 0 Å². The van der Waals surface area contributed by atoms with Gasteiger partial charge < -0.3 is 10.8 Å². The van der Waals surface area contributed by atoms with Crippen LogP contribution in [0, 0.1) is 11.6 Å². The van der Waals surface area contributed by atoms with Crippen LogP contribution in [0.4, 0.5) is 8.78 Å². The third kappa shape index (κ3) is 2.04. The van der Waals surface area contributed by atoms with Gasteiger partial charge in [0, 0.05) is 12.1 Å². The van der Waals surface area contributed by atoms with Crippen molar-refractivity contribution in [1.82, 2.24) is 0 Å². The molecule has 0 saturated carbocycles. The van der Waals surface area contributed by atoms with E-state index in [1.54, 1.807) is 0 Å². The summed E-state index contributed by atoms with van der Waals surface area (Å²) >= 11 is 2.73. The summed E-state index contributed by atoms with van der Waals surface area (Å²) in [6, 6.07) is 2.24. The molecular weight excluding hydrogens is 244 g/mol. The van der Waals surface area contributed by atoms with E-state index in [1.807, 2.05) is 0 Å². The second kappa shape index (κ2) is 4.13. The Kier molecular flexibility index (Phi) is 3.35. The molecule has 1 aromatic rings. The van der Waals surface area contributed by atoms with Gasteiger partial charge in [0.1, 0.15) is 11.6 Å². The molecule has 0 aliphatic heterocycles. The molecule has 1 atom stereocenters. The number of benzene rings is 1. The molecule has 1 aromatic carbocycles. The summed E-state index contributed by atoms with van der Waals surface area (Å²) in [6.07, 6.45) is -1.10. The van der Waals surface area contributed by atoms with Gasteiger partial charge in [-0.05, 0) is 22.0 Å². The number of aliphatic hydroxyl groups excluding tert-OH is 1. The minimum Gasteiger partial charge on any atom is -0.387 e. The average molecular weight is 252 g/mol. The van der Waals surface area contributed by atoms with Crippen LogP contribution in [0.2, 0.25) is 0 Å². The Morgan fingerprint density at radius 2 is 2.08 bits per heavy atom. The summed E-state index contributed by atoms with van der Waals surface area (Å²) in [5.74, 6) is -1.51. The Hall–Kier alpha value is -0.520. The first kappa shape index (κ1) is 10.6. The van der Waals surface area contributed by atoms with E-state index in [2.05, 4.69) is 15.9 Å². The summed E-state index contributed by atoms with van der Waals surface area (Å²) in [5.41, 5.74) is 5.13. The zero-order valence-corrected chi connectivity index (χ0v) is 8.18. The molecule has 0 aliphatic rings. The minimum absolute atomic E-state index is 0.00391. The normalized spacial score (nSPS) is 13.0. The molecule has 0 amide bonds. The Morgan fingerprint density at radius 1 is 1.46 bits per heavy atom. The molecule has 5 heteroatoms. The number of aliphatic hydroxyl groups is 1. The quantitative estimate of drug-likeness (QED) is 0.787. The van der Waals surface area contributed by atoms with Crippen LogP contribution in [0.1, 0.15) is 11.7 Å². The summed E-state index contributed by atoms with van der Waals surface area (Å²) in [6.45, 7) is -0.102. The van der Waals surface area contributed by atoms with Gasteiger partial charge in [-0.25, -0.2) is 8.78 Å². The maximum atomic E-state index is 13.2. The van der Waals surface area contributed by atoms with Crippen LogP contribution in [0.3, 0.4) is 0 Å². The molecule has 0 spiro atoms. The van der Waals surface area contributed by atoms with Crippen LogP contribution < -0.4 is 5.73 Å². The average Bonchev–Trinajstić information content (AvgIpc) is 2.13. The lowest BCUT2D eigenvalue weighted by atomic mass is 10.1. The van der Waals surface area contributed by atoms with Gasteiger partial charge in [0.05, 0.1) is 10.6 Å². The smallest absolute Gasteiger partial charge is 0.146 e. The third-order valence-corrected chi connectivity index (χ3v) is 2.37. The lowest BCUT2D eigenvalue weighted by Crippen LogP contribution is -2.13. The Morgan fingerprint density at radius 3 is 2.62 bits per heavy atom. The lowest BCUT2D eigenvalue weighted by molar-refractivity contribution is 0.181. The Bertz CT molecular complexity index is 319. The Labute approximate surface area is 82.5 Å². The highest BCUT2D eigenvalue weighted by Crippen LogP contribution is 2.25. The van der Waals surface area contributed by atoms with Gasteiger partial charge in [-0.15, -0.1) is 0 Å². The van der Waals surface area contributed by atoms with Crippen molar-refractivity contribution in [3.63, 3.8) is 0 Å². The van der Waals surface area contributed by atoms with Crippen LogP contribution in [0.25, 0.3) is 0 Å². The molecular formula is C8H8BrF2NO. The van der Waals surface area contributed by atoms with Gasteiger partial charge >= 0.3 is 0 Å². The van der Waals surface area contributed by atoms with Crippen molar-refractivity contribution in [2.24, 2.45) is 5.73 Å². The molecule has 0 bridgehead atoms. The SMILES string of the molecule is NC[C@@H](O)c1ccc(F)c(Br)c1F. The molecule has 0 aliphatic carbocycles. The molecule has 0 heterocycles. The van der Waals surface area contributed by atoms with Gasteiger partial charge in [-0.1, -0.05) is 6.07 Å². The highest BCUT2D eigenvalue weighted by molar-refractivity contribution is 9.10. The van der Waals surface area contributed by atoms with Crippen LogP contribution in [0.15, 0.2) is 16.6 Å². The summed E-state index contributed by atoms with van der Waals surface area (Å²) in [4.78, 5) is 0. The van der Waals surface area contributed by atoms with Gasteiger partial charge in [0.2, 0.25) is 0 Å². The standard InChI is InChI=1S/C8H8BrF2NO/c9-7-5(10)2-1-4(8(7)11)6(13)3-12/h1-2,6,13H,3,12H2/t6-/m1/s1. The topological polar surface area (TPSA) is 46.2 Å². The predicted octanol–water partition coefficient (Wildman–Crippen LogP) is 1.72. The first-order chi connectivity index (χ1) is 6.07. The van der Waals surface area contributed by atoms with Crippen molar-refractivity contribution >= 4 is 15.9 Å². The fourth-order valence-electron chi connectivity index (χ4n) is 0.925. The van der Waals surface area contributed by atoms with Crippen molar-refractivity contribution in [3.8, 4) is 0 Å². The number of hydrogen-bond acceptors (Lipinski definition) is 2. The molecule has 2 nitrogen and oxygen atoms in total. The summed E-state index contributed by atoms with van der Waals surface area (Å²) < 4.78 is 25.6. The van der Waals surface area contributed by atoms with Crippen molar-refractivity contribution < 1.29 is 13.9 Å². The first-order valence-electron chi connectivity index (χ1n) is 3.59. The third-order valence-electron chi connectivity index (χ3n) is 1.65. The largest absolute Gasteiger partial charge is 0.387 e. The summed E-state index contributed by atoms with van der Waals surface area (Å²) in [5, 5.41) is 9.22. The molecule has 0 radical (unpaired) electrons. The van der Waals surface area contributed by atoms with Gasteiger partial charge in [0.25, 0.3) is 0 Å². The van der Waals surface area contributed by atoms with E-state index < -0.39 is 17.7 Å². The van der Waals surface area contributed by atoms with Gasteiger partial charge in [-0.2, -0.15) is 0 Å². The first-order valence-corrected chi connectivity index (χ1v) is 4.38. The van der Waals surface area contributed by atoms with Crippen molar-refractivity contribution in [2.45, 2.75) is 6.10 Å². The van der Waals surface area contributed by atoms with E-state index in [4.69, 9.17) is 5.73 Å². The lowest BCUT2D eigenvalue weighted by Gasteiger charge is -2.10. The zero-order chi connectivity index (χ0) is 10.0. The maximum Gasteiger partial charge on any atom is 0.146 e. The number of halogens is 3. The van der Waals surface area contributed by atoms with Crippen LogP contribution >= 0.6 is 15.9 Å². The fraction of sp³-hybridized carbons (Fsp3) is 0.250.